The maximum atomic E-state index is 13.7. The molecule has 0 N–H and O–H groups in total. The fourth-order valence-electron chi connectivity index (χ4n) is 2.19. The Morgan fingerprint density at radius 2 is 1.83 bits per heavy atom. The topological polar surface area (TPSA) is 37.4 Å². The lowest BCUT2D eigenvalue weighted by atomic mass is 10.2. The standard InChI is InChI=1S/C17H10BrF2NO2S/c18-12-7-10(5-6-14(12)20)8-15-16(22)21(17(23)24-15)9-11-3-1-2-4-13(11)19/h1-8H,9H2/b15-8+. The summed E-state index contributed by atoms with van der Waals surface area (Å²) >= 11 is 3.85. The Hall–Kier alpha value is -1.99. The smallest absolute Gasteiger partial charge is 0.268 e. The van der Waals surface area contributed by atoms with E-state index in [0.29, 0.717) is 5.56 Å². The summed E-state index contributed by atoms with van der Waals surface area (Å²) < 4.78 is 27.2. The fourth-order valence-corrected chi connectivity index (χ4v) is 3.42. The summed E-state index contributed by atoms with van der Waals surface area (Å²) in [5.74, 6) is -1.38. The molecule has 3 rings (SSSR count). The van der Waals surface area contributed by atoms with Gasteiger partial charge in [0.25, 0.3) is 11.1 Å². The molecule has 1 fully saturated rings. The van der Waals surface area contributed by atoms with Crippen molar-refractivity contribution in [3.05, 3.63) is 74.6 Å². The van der Waals surface area contributed by atoms with Crippen LogP contribution in [0.2, 0.25) is 0 Å². The van der Waals surface area contributed by atoms with Crippen LogP contribution >= 0.6 is 27.7 Å². The molecule has 24 heavy (non-hydrogen) atoms. The summed E-state index contributed by atoms with van der Waals surface area (Å²) in [6, 6.07) is 10.3. The summed E-state index contributed by atoms with van der Waals surface area (Å²) in [5.41, 5.74) is 0.852. The quantitative estimate of drug-likeness (QED) is 0.671. The molecular formula is C17H10BrF2NO2S. The Balaban J connectivity index is 1.84. The van der Waals surface area contributed by atoms with E-state index in [4.69, 9.17) is 0 Å². The largest absolute Gasteiger partial charge is 0.293 e. The van der Waals surface area contributed by atoms with Crippen LogP contribution in [0.4, 0.5) is 13.6 Å². The van der Waals surface area contributed by atoms with Crippen molar-refractivity contribution >= 4 is 44.9 Å². The second kappa shape index (κ2) is 6.86. The van der Waals surface area contributed by atoms with E-state index in [9.17, 15) is 18.4 Å². The number of halogens is 3. The number of thioether (sulfide) groups is 1. The molecule has 1 aliphatic heterocycles. The molecule has 0 saturated carbocycles. The molecule has 0 spiro atoms. The van der Waals surface area contributed by atoms with Gasteiger partial charge in [0.1, 0.15) is 11.6 Å². The lowest BCUT2D eigenvalue weighted by Gasteiger charge is -2.12. The second-order valence-electron chi connectivity index (χ2n) is 5.03. The number of nitrogens with zero attached hydrogens (tertiary/aromatic N) is 1. The first-order chi connectivity index (χ1) is 11.5. The van der Waals surface area contributed by atoms with Crippen molar-refractivity contribution in [3.63, 3.8) is 0 Å². The fraction of sp³-hybridized carbons (Fsp3) is 0.0588. The predicted octanol–water partition coefficient (Wildman–Crippen LogP) is 4.96. The van der Waals surface area contributed by atoms with Crippen molar-refractivity contribution in [2.24, 2.45) is 0 Å². The number of benzene rings is 2. The molecule has 1 aliphatic rings. The summed E-state index contributed by atoms with van der Waals surface area (Å²) in [4.78, 5) is 25.7. The van der Waals surface area contributed by atoms with E-state index >= 15 is 0 Å². The van der Waals surface area contributed by atoms with Gasteiger partial charge in [0.2, 0.25) is 0 Å². The van der Waals surface area contributed by atoms with Gasteiger partial charge < -0.3 is 0 Å². The van der Waals surface area contributed by atoms with E-state index in [1.807, 2.05) is 0 Å². The summed E-state index contributed by atoms with van der Waals surface area (Å²) in [7, 11) is 0. The minimum Gasteiger partial charge on any atom is -0.268 e. The van der Waals surface area contributed by atoms with E-state index in [-0.39, 0.29) is 21.5 Å². The van der Waals surface area contributed by atoms with Crippen molar-refractivity contribution in [1.29, 1.82) is 0 Å². The van der Waals surface area contributed by atoms with Crippen LogP contribution in [-0.4, -0.2) is 16.0 Å². The van der Waals surface area contributed by atoms with Gasteiger partial charge in [0.05, 0.1) is 15.9 Å². The van der Waals surface area contributed by atoms with Crippen LogP contribution in [0, 0.1) is 11.6 Å². The van der Waals surface area contributed by atoms with Crippen molar-refractivity contribution < 1.29 is 18.4 Å². The lowest BCUT2D eigenvalue weighted by molar-refractivity contribution is -0.123. The first-order valence-electron chi connectivity index (χ1n) is 6.89. The summed E-state index contributed by atoms with van der Waals surface area (Å²) in [6.07, 6.45) is 1.51. The Labute approximate surface area is 149 Å². The molecule has 0 atom stereocenters. The van der Waals surface area contributed by atoms with E-state index in [1.54, 1.807) is 12.1 Å². The molecule has 2 aromatic carbocycles. The van der Waals surface area contributed by atoms with Gasteiger partial charge >= 0.3 is 0 Å². The maximum absolute atomic E-state index is 13.7. The molecular weight excluding hydrogens is 400 g/mol. The molecule has 1 heterocycles. The van der Waals surface area contributed by atoms with Crippen LogP contribution in [0.25, 0.3) is 6.08 Å². The van der Waals surface area contributed by atoms with E-state index in [0.717, 1.165) is 16.7 Å². The molecule has 0 unspecified atom stereocenters. The third-order valence-electron chi connectivity index (χ3n) is 3.40. The average molecular weight is 410 g/mol. The van der Waals surface area contributed by atoms with Crippen LogP contribution in [-0.2, 0) is 11.3 Å². The zero-order valence-corrected chi connectivity index (χ0v) is 14.5. The highest BCUT2D eigenvalue weighted by Gasteiger charge is 2.35. The van der Waals surface area contributed by atoms with Crippen molar-refractivity contribution in [2.75, 3.05) is 0 Å². The first-order valence-corrected chi connectivity index (χ1v) is 8.50. The third-order valence-corrected chi connectivity index (χ3v) is 4.92. The van der Waals surface area contributed by atoms with Crippen molar-refractivity contribution in [2.45, 2.75) is 6.54 Å². The Bertz CT molecular complexity index is 869. The van der Waals surface area contributed by atoms with Gasteiger partial charge in [-0.25, -0.2) is 8.78 Å². The molecule has 0 radical (unpaired) electrons. The highest BCUT2D eigenvalue weighted by Crippen LogP contribution is 2.34. The molecule has 3 nitrogen and oxygen atoms in total. The SMILES string of the molecule is O=C1S/C(=C/c2ccc(F)c(Br)c2)C(=O)N1Cc1ccccc1F. The van der Waals surface area contributed by atoms with Gasteiger partial charge in [-0.3, -0.25) is 14.5 Å². The summed E-state index contributed by atoms with van der Waals surface area (Å²) in [6.45, 7) is -0.123. The normalized spacial score (nSPS) is 16.3. The first kappa shape index (κ1) is 16.9. The molecule has 0 bridgehead atoms. The molecule has 7 heteroatoms. The van der Waals surface area contributed by atoms with Gasteiger partial charge in [-0.2, -0.15) is 0 Å². The zero-order valence-electron chi connectivity index (χ0n) is 12.1. The van der Waals surface area contributed by atoms with Crippen molar-refractivity contribution in [1.82, 2.24) is 4.90 Å². The number of imide groups is 1. The molecule has 2 aromatic rings. The van der Waals surface area contributed by atoms with E-state index in [2.05, 4.69) is 15.9 Å². The van der Waals surface area contributed by atoms with Crippen molar-refractivity contribution in [3.8, 4) is 0 Å². The highest BCUT2D eigenvalue weighted by atomic mass is 79.9. The molecule has 122 valence electrons. The second-order valence-corrected chi connectivity index (χ2v) is 6.88. The van der Waals surface area contributed by atoms with Gasteiger partial charge in [0, 0.05) is 5.56 Å². The number of hydrogen-bond donors (Lipinski definition) is 0. The van der Waals surface area contributed by atoms with E-state index in [1.165, 1.54) is 36.4 Å². The lowest BCUT2D eigenvalue weighted by Crippen LogP contribution is -2.27. The summed E-state index contributed by atoms with van der Waals surface area (Å²) in [5, 5.41) is -0.462. The molecule has 0 aliphatic carbocycles. The number of carbonyl (C=O) groups is 2. The van der Waals surface area contributed by atoms with Gasteiger partial charge in [-0.1, -0.05) is 24.3 Å². The van der Waals surface area contributed by atoms with Gasteiger partial charge in [-0.05, 0) is 57.5 Å². The monoisotopic (exact) mass is 409 g/mol. The van der Waals surface area contributed by atoms with Gasteiger partial charge in [-0.15, -0.1) is 0 Å². The molecule has 0 aromatic heterocycles. The average Bonchev–Trinajstić information content (AvgIpc) is 2.80. The minimum atomic E-state index is -0.492. The van der Waals surface area contributed by atoms with E-state index < -0.39 is 22.8 Å². The minimum absolute atomic E-state index is 0.123. The number of rotatable bonds is 3. The van der Waals surface area contributed by atoms with Crippen LogP contribution < -0.4 is 0 Å². The number of carbonyl (C=O) groups excluding carboxylic acids is 2. The predicted molar refractivity (Wildman–Crippen MR) is 92.0 cm³/mol. The Kier molecular flexibility index (Phi) is 4.82. The zero-order chi connectivity index (χ0) is 17.3. The van der Waals surface area contributed by atoms with Crippen LogP contribution in [0.3, 0.4) is 0 Å². The van der Waals surface area contributed by atoms with Crippen LogP contribution in [0.1, 0.15) is 11.1 Å². The Morgan fingerprint density at radius 3 is 2.54 bits per heavy atom. The van der Waals surface area contributed by atoms with Crippen LogP contribution in [0.5, 0.6) is 0 Å². The maximum Gasteiger partial charge on any atom is 0.293 e. The Morgan fingerprint density at radius 1 is 1.08 bits per heavy atom. The third kappa shape index (κ3) is 3.42. The molecule has 2 amide bonds. The van der Waals surface area contributed by atoms with Crippen LogP contribution in [0.15, 0.2) is 51.8 Å². The molecule has 1 saturated heterocycles. The number of hydrogen-bond acceptors (Lipinski definition) is 3. The van der Waals surface area contributed by atoms with Gasteiger partial charge in [0.15, 0.2) is 0 Å². The highest BCUT2D eigenvalue weighted by molar-refractivity contribution is 9.10. The number of amides is 2.